The van der Waals surface area contributed by atoms with Crippen LogP contribution in [-0.2, 0) is 27.4 Å². The molecule has 2 aromatic carbocycles. The van der Waals surface area contributed by atoms with Crippen LogP contribution in [0, 0.1) is 5.82 Å². The maximum atomic E-state index is 13.8. The van der Waals surface area contributed by atoms with Crippen LogP contribution in [0.5, 0.6) is 0 Å². The van der Waals surface area contributed by atoms with Crippen LogP contribution in [0.2, 0.25) is 10.0 Å². The Morgan fingerprint density at radius 2 is 1.81 bits per heavy atom. The number of hydrogen-bond acceptors (Lipinski definition) is 6. The molecule has 0 aliphatic carbocycles. The molecule has 0 aromatic heterocycles. The largest absolute Gasteiger partial charge is 0.445 e. The first-order valence-electron chi connectivity index (χ1n) is 13.7. The number of nitrogens with one attached hydrogen (secondary N) is 2. The lowest BCUT2D eigenvalue weighted by Crippen LogP contribution is -2.75. The highest BCUT2D eigenvalue weighted by Gasteiger charge is 2.50. The highest BCUT2D eigenvalue weighted by atomic mass is 35.5. The molecule has 43 heavy (non-hydrogen) atoms. The molecule has 2 saturated heterocycles. The molecule has 2 aromatic rings. The highest BCUT2D eigenvalue weighted by molar-refractivity contribution is 6.42. The van der Waals surface area contributed by atoms with Crippen LogP contribution in [0.1, 0.15) is 24.0 Å². The van der Waals surface area contributed by atoms with Gasteiger partial charge in [0, 0.05) is 26.7 Å². The summed E-state index contributed by atoms with van der Waals surface area (Å²) in [6.45, 7) is 3.99. The van der Waals surface area contributed by atoms with Gasteiger partial charge in [0.05, 0.1) is 23.1 Å². The molecule has 2 aliphatic rings. The molecule has 2 N–H and O–H groups in total. The van der Waals surface area contributed by atoms with Crippen molar-refractivity contribution in [1.29, 1.82) is 0 Å². The number of hydrogen-bond donors (Lipinski definition) is 2. The number of amides is 5. The quantitative estimate of drug-likeness (QED) is 0.304. The summed E-state index contributed by atoms with van der Waals surface area (Å²) in [5.41, 5.74) is 1.42. The molecular weight excluding hydrogens is 602 g/mol. The van der Waals surface area contributed by atoms with E-state index in [0.29, 0.717) is 22.0 Å². The van der Waals surface area contributed by atoms with Gasteiger partial charge in [-0.1, -0.05) is 54.1 Å². The van der Waals surface area contributed by atoms with Crippen molar-refractivity contribution in [1.82, 2.24) is 30.5 Å². The van der Waals surface area contributed by atoms with E-state index < -0.39 is 24.3 Å². The number of alkyl carbamates (subject to hydrolysis) is 1. The van der Waals surface area contributed by atoms with E-state index in [0.717, 1.165) is 5.56 Å². The fraction of sp³-hybridized carbons (Fsp3) is 0.379. The van der Waals surface area contributed by atoms with Crippen molar-refractivity contribution in [3.05, 3.63) is 82.1 Å². The third-order valence-electron chi connectivity index (χ3n) is 7.12. The summed E-state index contributed by atoms with van der Waals surface area (Å²) >= 11 is 12.3. The van der Waals surface area contributed by atoms with Crippen LogP contribution in [0.3, 0.4) is 0 Å². The Kier molecular flexibility index (Phi) is 10.8. The number of nitrogens with zero attached hydrogens (tertiary/aromatic N) is 4. The zero-order valence-electron chi connectivity index (χ0n) is 23.6. The topological polar surface area (TPSA) is 115 Å². The van der Waals surface area contributed by atoms with Gasteiger partial charge >= 0.3 is 12.1 Å². The molecule has 0 unspecified atom stereocenters. The van der Waals surface area contributed by atoms with Gasteiger partial charge in [-0.2, -0.15) is 0 Å². The summed E-state index contributed by atoms with van der Waals surface area (Å²) in [5.74, 6) is -0.981. The third-order valence-corrected chi connectivity index (χ3v) is 7.86. The predicted molar refractivity (Wildman–Crippen MR) is 158 cm³/mol. The Morgan fingerprint density at radius 3 is 2.51 bits per heavy atom. The fourth-order valence-electron chi connectivity index (χ4n) is 5.12. The Bertz CT molecular complexity index is 1360. The van der Waals surface area contributed by atoms with Gasteiger partial charge in [-0.25, -0.2) is 24.0 Å². The molecule has 11 nitrogen and oxygen atoms in total. The molecule has 2 atom stereocenters. The summed E-state index contributed by atoms with van der Waals surface area (Å²) < 4.78 is 18.3. The van der Waals surface area contributed by atoms with Crippen LogP contribution < -0.4 is 10.6 Å². The zero-order valence-corrected chi connectivity index (χ0v) is 25.1. The number of benzene rings is 2. The standard InChI is InChI=1S/C29H33Cl2FN6O5/c1-3-13-43-29(42)33-12-4-5-24-27(40)36(16-20-8-11-22(30)23(31)14-20)17-25-37(24)26(39)18-35(2)38(25)28(41)34-15-19-6-9-21(32)10-7-19/h3,6-11,14,24-25H,1,4-5,12-13,15-18H2,2H3,(H,33,42)(H,34,41)/t24-,25-/m0/s1. The summed E-state index contributed by atoms with van der Waals surface area (Å²) in [6.07, 6.45) is 0.617. The van der Waals surface area contributed by atoms with E-state index in [1.807, 2.05) is 0 Å². The first-order chi connectivity index (χ1) is 20.6. The number of carbonyl (C=O) groups is 4. The normalized spacial score (nSPS) is 18.7. The number of ether oxygens (including phenoxy) is 1. The van der Waals surface area contributed by atoms with Crippen molar-refractivity contribution >= 4 is 47.1 Å². The summed E-state index contributed by atoms with van der Waals surface area (Å²) in [6, 6.07) is 9.45. The number of urea groups is 1. The number of fused-ring (bicyclic) bond motifs is 1. The number of halogens is 3. The minimum atomic E-state index is -0.888. The monoisotopic (exact) mass is 634 g/mol. The van der Waals surface area contributed by atoms with Crippen LogP contribution in [0.25, 0.3) is 0 Å². The SMILES string of the molecule is C=CCOC(=O)NCCC[C@H]1C(=O)N(Cc2ccc(Cl)c(Cl)c2)C[C@H]2N1C(=O)CN(C)N2C(=O)NCc1ccc(F)cc1. The van der Waals surface area contributed by atoms with E-state index in [9.17, 15) is 23.6 Å². The third kappa shape index (κ3) is 7.95. The van der Waals surface area contributed by atoms with Crippen molar-refractivity contribution < 1.29 is 28.3 Å². The van der Waals surface area contributed by atoms with Crippen molar-refractivity contribution in [3.8, 4) is 0 Å². The number of hydrazine groups is 1. The molecule has 0 radical (unpaired) electrons. The van der Waals surface area contributed by atoms with Crippen molar-refractivity contribution in [2.45, 2.75) is 38.1 Å². The second-order valence-electron chi connectivity index (χ2n) is 10.2. The van der Waals surface area contributed by atoms with Gasteiger partial charge in [0.1, 0.15) is 24.6 Å². The number of piperazine rings is 1. The summed E-state index contributed by atoms with van der Waals surface area (Å²) in [5, 5.41) is 9.11. The van der Waals surface area contributed by atoms with Gasteiger partial charge in [-0.05, 0) is 48.2 Å². The summed E-state index contributed by atoms with van der Waals surface area (Å²) in [7, 11) is 1.63. The molecule has 5 amide bonds. The Hall–Kier alpha value is -3.87. The average Bonchev–Trinajstić information content (AvgIpc) is 2.97. The van der Waals surface area contributed by atoms with Crippen molar-refractivity contribution in [2.24, 2.45) is 0 Å². The van der Waals surface area contributed by atoms with Crippen molar-refractivity contribution in [3.63, 3.8) is 0 Å². The van der Waals surface area contributed by atoms with E-state index in [-0.39, 0.29) is 63.4 Å². The van der Waals surface area contributed by atoms with Gasteiger partial charge in [-0.3, -0.25) is 9.59 Å². The second-order valence-corrected chi connectivity index (χ2v) is 11.0. The molecule has 0 spiro atoms. The first-order valence-corrected chi connectivity index (χ1v) is 14.4. The fourth-order valence-corrected chi connectivity index (χ4v) is 5.44. The maximum absolute atomic E-state index is 13.8. The number of carbonyl (C=O) groups excluding carboxylic acids is 4. The predicted octanol–water partition coefficient (Wildman–Crippen LogP) is 3.76. The number of likely N-dealkylation sites (N-methyl/N-ethyl adjacent to an activating group) is 1. The van der Waals surface area contributed by atoms with Gasteiger partial charge in [-0.15, -0.1) is 0 Å². The Labute approximate surface area is 259 Å². The first kappa shape index (κ1) is 32.1. The van der Waals surface area contributed by atoms with Crippen LogP contribution in [0.4, 0.5) is 14.0 Å². The minimum absolute atomic E-state index is 0.0434. The molecule has 2 fully saturated rings. The average molecular weight is 636 g/mol. The summed E-state index contributed by atoms with van der Waals surface area (Å²) in [4.78, 5) is 55.6. The molecule has 230 valence electrons. The molecule has 2 aliphatic heterocycles. The van der Waals surface area contributed by atoms with Gasteiger partial charge in [0.15, 0.2) is 0 Å². The van der Waals surface area contributed by atoms with Gasteiger partial charge in [0.2, 0.25) is 11.8 Å². The van der Waals surface area contributed by atoms with Crippen LogP contribution in [0.15, 0.2) is 55.1 Å². The van der Waals surface area contributed by atoms with E-state index in [2.05, 4.69) is 17.2 Å². The lowest BCUT2D eigenvalue weighted by Gasteiger charge is -2.54. The van der Waals surface area contributed by atoms with E-state index in [1.165, 1.54) is 33.1 Å². The zero-order chi connectivity index (χ0) is 31.1. The Balaban J connectivity index is 1.55. The maximum Gasteiger partial charge on any atom is 0.407 e. The highest BCUT2D eigenvalue weighted by Crippen LogP contribution is 2.30. The number of rotatable bonds is 10. The van der Waals surface area contributed by atoms with E-state index in [4.69, 9.17) is 27.9 Å². The lowest BCUT2D eigenvalue weighted by molar-refractivity contribution is -0.188. The molecule has 2 heterocycles. The second kappa shape index (κ2) is 14.5. The molecule has 0 saturated carbocycles. The smallest absolute Gasteiger partial charge is 0.407 e. The van der Waals surface area contributed by atoms with Gasteiger partial charge < -0.3 is 25.2 Å². The molecular formula is C29H33Cl2FN6O5. The lowest BCUT2D eigenvalue weighted by atomic mass is 10.0. The van der Waals surface area contributed by atoms with Gasteiger partial charge in [0.25, 0.3) is 0 Å². The molecule has 0 bridgehead atoms. The molecule has 14 heteroatoms. The van der Waals surface area contributed by atoms with Crippen LogP contribution in [-0.4, -0.2) is 89.3 Å². The van der Waals surface area contributed by atoms with E-state index in [1.54, 1.807) is 42.3 Å². The minimum Gasteiger partial charge on any atom is -0.445 e. The van der Waals surface area contributed by atoms with Crippen LogP contribution >= 0.6 is 23.2 Å². The Morgan fingerprint density at radius 1 is 1.09 bits per heavy atom. The van der Waals surface area contributed by atoms with Crippen molar-refractivity contribution in [2.75, 3.05) is 33.3 Å². The molecule has 4 rings (SSSR count). The van der Waals surface area contributed by atoms with E-state index >= 15 is 0 Å².